The Labute approximate surface area is 51.3 Å². The summed E-state index contributed by atoms with van der Waals surface area (Å²) in [5, 5.41) is 18.2. The first-order valence-electron chi connectivity index (χ1n) is 2.33. The molecule has 6 nitrogen and oxygen atoms in total. The van der Waals surface area contributed by atoms with Crippen molar-refractivity contribution in [2.45, 2.75) is 0 Å². The number of rotatable bonds is 1. The average Bonchev–Trinajstić information content (AvgIpc) is 2.15. The Kier molecular flexibility index (Phi) is 1.14. The molecule has 0 aromatic carbocycles. The zero-order chi connectivity index (χ0) is 6.85. The van der Waals surface area contributed by atoms with Crippen molar-refractivity contribution in [1.29, 1.82) is 0 Å². The maximum atomic E-state index is 8.84. The highest BCUT2D eigenvalue weighted by Gasteiger charge is 2.02. The molecule has 1 heterocycles. The molecule has 6 heteroatoms. The van der Waals surface area contributed by atoms with Crippen LogP contribution in [-0.2, 0) is 0 Å². The predicted octanol–water partition coefficient (Wildman–Crippen LogP) is -0.861. The smallest absolute Gasteiger partial charge is 0.260 e. The Morgan fingerprint density at radius 2 is 2.33 bits per heavy atom. The van der Waals surface area contributed by atoms with Crippen molar-refractivity contribution < 1.29 is 5.21 Å². The van der Waals surface area contributed by atoms with E-state index in [2.05, 4.69) is 15.5 Å². The number of nitrogens with one attached hydrogen (secondary N) is 1. The zero-order valence-corrected chi connectivity index (χ0v) is 4.87. The fourth-order valence-electron chi connectivity index (χ4n) is 0.448. The summed E-state index contributed by atoms with van der Waals surface area (Å²) in [6.45, 7) is 0. The molecule has 0 unspecified atom stereocenters. The molecular formula is C3H7N5O. The van der Waals surface area contributed by atoms with Crippen LogP contribution in [0.4, 0.5) is 11.9 Å². The van der Waals surface area contributed by atoms with E-state index >= 15 is 0 Å². The van der Waals surface area contributed by atoms with Gasteiger partial charge in [0.05, 0.1) is 0 Å². The van der Waals surface area contributed by atoms with Crippen LogP contribution < -0.4 is 11.1 Å². The molecule has 0 aliphatic heterocycles. The quantitative estimate of drug-likeness (QED) is 0.429. The van der Waals surface area contributed by atoms with Crippen molar-refractivity contribution in [2.75, 3.05) is 18.1 Å². The Balaban J connectivity index is 3.04. The summed E-state index contributed by atoms with van der Waals surface area (Å²) in [4.78, 5) is 0. The first-order chi connectivity index (χ1) is 4.25. The van der Waals surface area contributed by atoms with Crippen molar-refractivity contribution >= 4 is 11.9 Å². The summed E-state index contributed by atoms with van der Waals surface area (Å²) in [6, 6.07) is 0. The van der Waals surface area contributed by atoms with Gasteiger partial charge in [0.15, 0.2) is 0 Å². The van der Waals surface area contributed by atoms with E-state index in [1.165, 1.54) is 0 Å². The van der Waals surface area contributed by atoms with Crippen molar-refractivity contribution in [3.63, 3.8) is 0 Å². The lowest BCUT2D eigenvalue weighted by Crippen LogP contribution is -2.02. The van der Waals surface area contributed by atoms with E-state index in [1.54, 1.807) is 7.05 Å². The minimum absolute atomic E-state index is 0.0284. The molecule has 0 saturated carbocycles. The van der Waals surface area contributed by atoms with Crippen LogP contribution in [0.15, 0.2) is 0 Å². The molecule has 0 amide bonds. The van der Waals surface area contributed by atoms with Crippen LogP contribution in [0, 0.1) is 0 Å². The number of nitrogens with zero attached hydrogens (tertiary/aromatic N) is 3. The van der Waals surface area contributed by atoms with Crippen molar-refractivity contribution in [2.24, 2.45) is 0 Å². The molecule has 50 valence electrons. The molecule has 0 aliphatic rings. The van der Waals surface area contributed by atoms with Gasteiger partial charge in [0.2, 0.25) is 0 Å². The number of nitrogen functional groups attached to an aromatic ring is 1. The number of hydrogen-bond acceptors (Lipinski definition) is 5. The summed E-state index contributed by atoms with van der Waals surface area (Å²) in [5.74, 6) is 0.201. The highest BCUT2D eigenvalue weighted by Crippen LogP contribution is 2.02. The normalized spacial score (nSPS) is 9.44. The van der Waals surface area contributed by atoms with Crippen molar-refractivity contribution in [1.82, 2.24) is 14.9 Å². The molecule has 0 fully saturated rings. The Morgan fingerprint density at radius 3 is 2.56 bits per heavy atom. The van der Waals surface area contributed by atoms with Crippen LogP contribution in [-0.4, -0.2) is 27.2 Å². The molecule has 1 aromatic heterocycles. The summed E-state index contributed by atoms with van der Waals surface area (Å²) >= 11 is 0. The Hall–Kier alpha value is -1.46. The summed E-state index contributed by atoms with van der Waals surface area (Å²) in [5.41, 5.74) is 5.12. The summed E-state index contributed by atoms with van der Waals surface area (Å²) in [7, 11) is 1.61. The third-order valence-electron chi connectivity index (χ3n) is 0.888. The summed E-state index contributed by atoms with van der Waals surface area (Å²) in [6.07, 6.45) is 0. The molecule has 1 aromatic rings. The zero-order valence-electron chi connectivity index (χ0n) is 4.87. The third kappa shape index (κ3) is 0.735. The fraction of sp³-hybridized carbons (Fsp3) is 0.333. The van der Waals surface area contributed by atoms with Crippen LogP contribution in [0.3, 0.4) is 0 Å². The van der Waals surface area contributed by atoms with Gasteiger partial charge in [-0.1, -0.05) is 0 Å². The second-order valence-electron chi connectivity index (χ2n) is 1.44. The van der Waals surface area contributed by atoms with Gasteiger partial charge in [-0.15, -0.1) is 14.9 Å². The number of hydrogen-bond donors (Lipinski definition) is 3. The number of anilines is 2. The average molecular weight is 129 g/mol. The topological polar surface area (TPSA) is 89.0 Å². The molecule has 9 heavy (non-hydrogen) atoms. The molecule has 0 aliphatic carbocycles. The maximum Gasteiger partial charge on any atom is 0.260 e. The van der Waals surface area contributed by atoms with E-state index in [9.17, 15) is 0 Å². The lowest BCUT2D eigenvalue weighted by atomic mass is 11.0. The maximum absolute atomic E-state index is 8.84. The van der Waals surface area contributed by atoms with Crippen LogP contribution in [0.1, 0.15) is 0 Å². The van der Waals surface area contributed by atoms with Crippen LogP contribution in [0.5, 0.6) is 0 Å². The SMILES string of the molecule is CNc1nnc(N)n1O. The van der Waals surface area contributed by atoms with Crippen LogP contribution >= 0.6 is 0 Å². The minimum Gasteiger partial charge on any atom is -0.422 e. The fourth-order valence-corrected chi connectivity index (χ4v) is 0.448. The molecule has 0 atom stereocenters. The lowest BCUT2D eigenvalue weighted by molar-refractivity contribution is 0.197. The van der Waals surface area contributed by atoms with E-state index in [0.29, 0.717) is 4.73 Å². The van der Waals surface area contributed by atoms with Gasteiger partial charge < -0.3 is 16.3 Å². The van der Waals surface area contributed by atoms with Gasteiger partial charge in [0.1, 0.15) is 0 Å². The molecule has 0 spiro atoms. The van der Waals surface area contributed by atoms with Crippen molar-refractivity contribution in [3.8, 4) is 0 Å². The van der Waals surface area contributed by atoms with Crippen molar-refractivity contribution in [3.05, 3.63) is 0 Å². The predicted molar refractivity (Wildman–Crippen MR) is 31.2 cm³/mol. The van der Waals surface area contributed by atoms with Crippen LogP contribution in [0.25, 0.3) is 0 Å². The minimum atomic E-state index is -0.0284. The van der Waals surface area contributed by atoms with Gasteiger partial charge in [-0.3, -0.25) is 0 Å². The highest BCUT2D eigenvalue weighted by atomic mass is 16.5. The number of aromatic nitrogens is 3. The van der Waals surface area contributed by atoms with E-state index in [1.807, 2.05) is 0 Å². The first kappa shape index (κ1) is 5.67. The van der Waals surface area contributed by atoms with E-state index in [0.717, 1.165) is 0 Å². The van der Waals surface area contributed by atoms with E-state index in [-0.39, 0.29) is 11.9 Å². The second-order valence-corrected chi connectivity index (χ2v) is 1.44. The third-order valence-corrected chi connectivity index (χ3v) is 0.888. The van der Waals surface area contributed by atoms with Gasteiger partial charge >= 0.3 is 0 Å². The Bertz CT molecular complexity index is 206. The molecule has 0 radical (unpaired) electrons. The molecular weight excluding hydrogens is 122 g/mol. The van der Waals surface area contributed by atoms with Gasteiger partial charge in [-0.25, -0.2) is 0 Å². The largest absolute Gasteiger partial charge is 0.422 e. The van der Waals surface area contributed by atoms with Crippen LogP contribution in [0.2, 0.25) is 0 Å². The first-order valence-corrected chi connectivity index (χ1v) is 2.33. The van der Waals surface area contributed by atoms with E-state index < -0.39 is 0 Å². The Morgan fingerprint density at radius 1 is 1.67 bits per heavy atom. The summed E-state index contributed by atoms with van der Waals surface area (Å²) < 4.78 is 0.667. The lowest BCUT2D eigenvalue weighted by Gasteiger charge is -1.94. The highest BCUT2D eigenvalue weighted by molar-refractivity contribution is 5.30. The van der Waals surface area contributed by atoms with Gasteiger partial charge in [0, 0.05) is 7.05 Å². The van der Waals surface area contributed by atoms with Gasteiger partial charge in [-0.05, 0) is 0 Å². The van der Waals surface area contributed by atoms with E-state index in [4.69, 9.17) is 10.9 Å². The monoisotopic (exact) mass is 129 g/mol. The molecule has 4 N–H and O–H groups in total. The van der Waals surface area contributed by atoms with Gasteiger partial charge in [-0.2, -0.15) is 0 Å². The van der Waals surface area contributed by atoms with Gasteiger partial charge in [0.25, 0.3) is 11.9 Å². The molecule has 1 rings (SSSR count). The molecule has 0 saturated heterocycles. The molecule has 0 bridgehead atoms. The number of nitrogens with two attached hydrogens (primary N) is 1. The standard InChI is InChI=1S/C3H7N5O/c1-5-3-7-6-2(4)8(3)9/h9H,1H3,(H2,4,6)(H,5,7). The second kappa shape index (κ2) is 1.81.